The first-order chi connectivity index (χ1) is 3.15. The van der Waals surface area contributed by atoms with Crippen LogP contribution >= 0.6 is 0 Å². The third kappa shape index (κ3) is 64.4. The summed E-state index contributed by atoms with van der Waals surface area (Å²) in [5.74, 6) is 0. The normalized spacial score (nSPS) is 4.86. The maximum absolute atomic E-state index is 8.35. The lowest BCUT2D eigenvalue weighted by Crippen LogP contribution is -1.43. The predicted molar refractivity (Wildman–Crippen MR) is 28.9 cm³/mol. The van der Waals surface area contributed by atoms with Crippen molar-refractivity contribution in [2.45, 2.75) is 13.8 Å². The quantitative estimate of drug-likeness (QED) is 0.279. The molecule has 0 rings (SSSR count). The van der Waals surface area contributed by atoms with Crippen molar-refractivity contribution >= 4 is 6.08 Å². The highest BCUT2D eigenvalue weighted by atomic mass is 16.1. The molecule has 0 heterocycles. The smallest absolute Gasteiger partial charge is 0.222 e. The maximum atomic E-state index is 8.35. The summed E-state index contributed by atoms with van der Waals surface area (Å²) in [6, 6.07) is 0. The molecular formula is C5H9NO. The number of allylic oxidation sites excluding steroid dienone is 1. The first-order valence-corrected chi connectivity index (χ1v) is 1.81. The van der Waals surface area contributed by atoms with Crippen molar-refractivity contribution in [1.29, 1.82) is 5.41 Å². The molecule has 0 aromatic heterocycles. The van der Waals surface area contributed by atoms with Crippen LogP contribution in [0.3, 0.4) is 0 Å². The van der Waals surface area contributed by atoms with Crippen molar-refractivity contribution in [3.63, 3.8) is 0 Å². The van der Waals surface area contributed by atoms with Gasteiger partial charge in [0.2, 0.25) is 6.08 Å². The third-order valence-corrected chi connectivity index (χ3v) is 0. The molecule has 0 radical (unpaired) electrons. The van der Waals surface area contributed by atoms with E-state index < -0.39 is 0 Å². The zero-order valence-electron chi connectivity index (χ0n) is 4.62. The Kier molecular flexibility index (Phi) is 12.1. The third-order valence-electron chi connectivity index (χ3n) is 0. The first kappa shape index (κ1) is 9.45. The van der Waals surface area contributed by atoms with E-state index in [0.717, 1.165) is 6.08 Å². The van der Waals surface area contributed by atoms with Gasteiger partial charge >= 0.3 is 0 Å². The van der Waals surface area contributed by atoms with Gasteiger partial charge in [-0.1, -0.05) is 5.57 Å². The molecule has 0 aliphatic carbocycles. The zero-order valence-corrected chi connectivity index (χ0v) is 4.62. The Hall–Kier alpha value is -0.880. The van der Waals surface area contributed by atoms with Crippen LogP contribution in [0.25, 0.3) is 0 Å². The molecule has 0 saturated heterocycles. The van der Waals surface area contributed by atoms with Crippen molar-refractivity contribution in [3.8, 4) is 0 Å². The van der Waals surface area contributed by atoms with Gasteiger partial charge in [-0.15, -0.1) is 6.58 Å². The fourth-order valence-corrected chi connectivity index (χ4v) is 0. The summed E-state index contributed by atoms with van der Waals surface area (Å²) in [5.41, 5.74) is 1.17. The number of nitrogens with one attached hydrogen (secondary N) is 1. The molecule has 0 aliphatic rings. The molecule has 1 N–H and O–H groups in total. The Labute approximate surface area is 43.4 Å². The Balaban J connectivity index is 0. The molecule has 0 spiro atoms. The van der Waals surface area contributed by atoms with Crippen LogP contribution in [0.15, 0.2) is 12.2 Å². The van der Waals surface area contributed by atoms with Crippen molar-refractivity contribution < 1.29 is 4.79 Å². The monoisotopic (exact) mass is 99.1 g/mol. The number of rotatable bonds is 0. The van der Waals surface area contributed by atoms with Crippen LogP contribution < -0.4 is 0 Å². The van der Waals surface area contributed by atoms with Gasteiger partial charge in [0.25, 0.3) is 0 Å². The molecule has 0 aromatic carbocycles. The van der Waals surface area contributed by atoms with E-state index in [0.29, 0.717) is 0 Å². The van der Waals surface area contributed by atoms with E-state index in [4.69, 9.17) is 10.2 Å². The largest absolute Gasteiger partial charge is 0.231 e. The molecular weight excluding hydrogens is 90.1 g/mol. The van der Waals surface area contributed by atoms with Gasteiger partial charge in [-0.2, -0.15) is 0 Å². The second kappa shape index (κ2) is 8.93. The average molecular weight is 99.1 g/mol. The highest BCUT2D eigenvalue weighted by molar-refractivity contribution is 5.26. The van der Waals surface area contributed by atoms with Gasteiger partial charge in [-0.25, -0.2) is 10.2 Å². The molecule has 2 nitrogen and oxygen atoms in total. The number of hydrogen-bond donors (Lipinski definition) is 1. The predicted octanol–water partition coefficient (Wildman–Crippen LogP) is 1.48. The molecule has 0 bridgehead atoms. The fourth-order valence-electron chi connectivity index (χ4n) is 0. The van der Waals surface area contributed by atoms with Crippen molar-refractivity contribution in [1.82, 2.24) is 0 Å². The number of hydrogen-bond acceptors (Lipinski definition) is 2. The molecule has 0 saturated carbocycles. The van der Waals surface area contributed by atoms with Crippen LogP contribution in [-0.2, 0) is 4.79 Å². The van der Waals surface area contributed by atoms with Crippen molar-refractivity contribution in [2.75, 3.05) is 0 Å². The lowest BCUT2D eigenvalue weighted by atomic mass is 10.4. The van der Waals surface area contributed by atoms with Crippen LogP contribution in [0, 0.1) is 5.41 Å². The Morgan fingerprint density at radius 2 is 1.71 bits per heavy atom. The zero-order chi connectivity index (χ0) is 6.28. The minimum Gasteiger partial charge on any atom is -0.222 e. The van der Waals surface area contributed by atoms with Crippen LogP contribution in [0.5, 0.6) is 0 Å². The minimum atomic E-state index is 0.750. The highest BCUT2D eigenvalue weighted by Gasteiger charge is 1.51. The van der Waals surface area contributed by atoms with Crippen LogP contribution in [-0.4, -0.2) is 6.08 Å². The lowest BCUT2D eigenvalue weighted by molar-refractivity contribution is 0.563. The van der Waals surface area contributed by atoms with E-state index in [1.165, 1.54) is 5.57 Å². The van der Waals surface area contributed by atoms with E-state index in [1.54, 1.807) is 0 Å². The molecule has 7 heavy (non-hydrogen) atoms. The van der Waals surface area contributed by atoms with Gasteiger partial charge < -0.3 is 0 Å². The van der Waals surface area contributed by atoms with Gasteiger partial charge in [0, 0.05) is 0 Å². The van der Waals surface area contributed by atoms with E-state index in [-0.39, 0.29) is 0 Å². The summed E-state index contributed by atoms with van der Waals surface area (Å²) in [4.78, 5) is 8.35. The van der Waals surface area contributed by atoms with Gasteiger partial charge in [-0.05, 0) is 13.8 Å². The topological polar surface area (TPSA) is 40.9 Å². The summed E-state index contributed by atoms with van der Waals surface area (Å²) in [7, 11) is 0. The summed E-state index contributed by atoms with van der Waals surface area (Å²) in [5, 5.41) is 5.40. The lowest BCUT2D eigenvalue weighted by Gasteiger charge is -1.65. The molecule has 0 aromatic rings. The molecule has 0 atom stereocenters. The van der Waals surface area contributed by atoms with Gasteiger partial charge in [0.05, 0.1) is 0 Å². The van der Waals surface area contributed by atoms with E-state index in [1.807, 2.05) is 13.8 Å². The molecule has 0 fully saturated rings. The molecule has 0 unspecified atom stereocenters. The fraction of sp³-hybridized carbons (Fsp3) is 0.400. The molecule has 40 valence electrons. The molecule has 0 amide bonds. The van der Waals surface area contributed by atoms with Crippen LogP contribution in [0.4, 0.5) is 0 Å². The number of carbonyl (C=O) groups excluding carboxylic acids is 1. The Bertz CT molecular complexity index is 76.1. The summed E-state index contributed by atoms with van der Waals surface area (Å²) in [6.07, 6.45) is 0.750. The van der Waals surface area contributed by atoms with Crippen molar-refractivity contribution in [3.05, 3.63) is 12.2 Å². The van der Waals surface area contributed by atoms with Gasteiger partial charge in [0.1, 0.15) is 0 Å². The summed E-state index contributed by atoms with van der Waals surface area (Å²) in [6.45, 7) is 7.50. The molecule has 0 aliphatic heterocycles. The SMILES string of the molecule is C=C(C)C.N=C=O. The number of isocyanates is 1. The average Bonchev–Trinajstić information content (AvgIpc) is 1.33. The summed E-state index contributed by atoms with van der Waals surface area (Å²) >= 11 is 0. The van der Waals surface area contributed by atoms with E-state index >= 15 is 0 Å². The highest BCUT2D eigenvalue weighted by Crippen LogP contribution is 1.73. The van der Waals surface area contributed by atoms with E-state index in [2.05, 4.69) is 6.58 Å². The first-order valence-electron chi connectivity index (χ1n) is 1.81. The van der Waals surface area contributed by atoms with Gasteiger partial charge in [-0.3, -0.25) is 0 Å². The van der Waals surface area contributed by atoms with Gasteiger partial charge in [0.15, 0.2) is 0 Å². The minimum absolute atomic E-state index is 0.750. The Morgan fingerprint density at radius 1 is 1.71 bits per heavy atom. The Morgan fingerprint density at radius 3 is 1.71 bits per heavy atom. The van der Waals surface area contributed by atoms with Crippen molar-refractivity contribution in [2.24, 2.45) is 0 Å². The second-order valence-electron chi connectivity index (χ2n) is 1.31. The van der Waals surface area contributed by atoms with Crippen LogP contribution in [0.2, 0.25) is 0 Å². The van der Waals surface area contributed by atoms with Crippen LogP contribution in [0.1, 0.15) is 13.8 Å². The molecule has 2 heteroatoms. The van der Waals surface area contributed by atoms with E-state index in [9.17, 15) is 0 Å². The standard InChI is InChI=1S/C4H8.CHNO/c1-4(2)3;2-1-3/h1H2,2-3H3;2H. The summed E-state index contributed by atoms with van der Waals surface area (Å²) < 4.78 is 0. The maximum Gasteiger partial charge on any atom is 0.231 e. The second-order valence-corrected chi connectivity index (χ2v) is 1.31.